The van der Waals surface area contributed by atoms with Crippen molar-refractivity contribution in [2.75, 3.05) is 18.2 Å². The van der Waals surface area contributed by atoms with Gasteiger partial charge in [0.15, 0.2) is 0 Å². The van der Waals surface area contributed by atoms with Crippen LogP contribution in [-0.4, -0.2) is 24.8 Å². The molecule has 0 spiro atoms. The van der Waals surface area contributed by atoms with Crippen molar-refractivity contribution >= 4 is 17.3 Å². The first kappa shape index (κ1) is 14.8. The van der Waals surface area contributed by atoms with Gasteiger partial charge in [0.2, 0.25) is 0 Å². The fourth-order valence-electron chi connectivity index (χ4n) is 3.07. The number of carbonyl (C=O) groups is 1. The van der Waals surface area contributed by atoms with Crippen molar-refractivity contribution in [3.05, 3.63) is 53.6 Å². The van der Waals surface area contributed by atoms with Gasteiger partial charge in [-0.1, -0.05) is 12.1 Å². The van der Waals surface area contributed by atoms with Gasteiger partial charge in [-0.3, -0.25) is 4.79 Å². The molecule has 0 fully saturated rings. The Morgan fingerprint density at radius 1 is 1.25 bits per heavy atom. The van der Waals surface area contributed by atoms with Crippen LogP contribution >= 0.6 is 0 Å². The van der Waals surface area contributed by atoms with Crippen molar-refractivity contribution in [2.45, 2.75) is 19.8 Å². The van der Waals surface area contributed by atoms with Crippen LogP contribution in [0.5, 0.6) is 11.5 Å². The van der Waals surface area contributed by atoms with Gasteiger partial charge in [0.1, 0.15) is 11.5 Å². The van der Waals surface area contributed by atoms with Crippen LogP contribution in [0.3, 0.4) is 0 Å². The highest BCUT2D eigenvalue weighted by Crippen LogP contribution is 2.32. The number of anilines is 1. The predicted octanol–water partition coefficient (Wildman–Crippen LogP) is 3.16. The van der Waals surface area contributed by atoms with Crippen LogP contribution in [0, 0.1) is 0 Å². The molecule has 2 aromatic carbocycles. The minimum atomic E-state index is -0.0323. The molecule has 2 heterocycles. The maximum Gasteiger partial charge on any atom is 0.253 e. The highest BCUT2D eigenvalue weighted by Gasteiger charge is 2.28. The smallest absolute Gasteiger partial charge is 0.253 e. The molecular weight excluding hydrogens is 304 g/mol. The molecule has 2 aliphatic rings. The summed E-state index contributed by atoms with van der Waals surface area (Å²) in [5.41, 5.74) is 3.52. The maximum atomic E-state index is 12.5. The summed E-state index contributed by atoms with van der Waals surface area (Å²) in [7, 11) is 0. The third kappa shape index (κ3) is 2.52. The van der Waals surface area contributed by atoms with E-state index in [2.05, 4.69) is 5.10 Å². The van der Waals surface area contributed by atoms with Crippen molar-refractivity contribution in [1.29, 1.82) is 0 Å². The molecule has 0 saturated heterocycles. The number of hydrogen-bond acceptors (Lipinski definition) is 4. The zero-order valence-corrected chi connectivity index (χ0v) is 13.5. The molecule has 0 saturated carbocycles. The quantitative estimate of drug-likeness (QED) is 0.869. The Labute approximate surface area is 140 Å². The Balaban J connectivity index is 1.68. The molecule has 4 rings (SSSR count). The minimum absolute atomic E-state index is 0.0323. The van der Waals surface area contributed by atoms with Crippen LogP contribution in [0.25, 0.3) is 0 Å². The zero-order chi connectivity index (χ0) is 16.5. The Kier molecular flexibility index (Phi) is 3.69. The fraction of sp³-hybridized carbons (Fsp3) is 0.263. The summed E-state index contributed by atoms with van der Waals surface area (Å²) in [6.07, 6.45) is 1.15. The summed E-state index contributed by atoms with van der Waals surface area (Å²) in [5, 5.41) is 6.04. The number of carbonyl (C=O) groups excluding carboxylic acids is 1. The molecule has 122 valence electrons. The van der Waals surface area contributed by atoms with Gasteiger partial charge in [-0.25, -0.2) is 5.01 Å². The van der Waals surface area contributed by atoms with Crippen molar-refractivity contribution in [2.24, 2.45) is 5.10 Å². The molecule has 0 unspecified atom stereocenters. The summed E-state index contributed by atoms with van der Waals surface area (Å²) in [6, 6.07) is 13.5. The van der Waals surface area contributed by atoms with E-state index in [1.807, 2.05) is 49.4 Å². The van der Waals surface area contributed by atoms with Crippen molar-refractivity contribution in [3.8, 4) is 11.5 Å². The average molecular weight is 322 g/mol. The molecule has 2 aliphatic heterocycles. The second-order valence-corrected chi connectivity index (χ2v) is 5.75. The number of benzene rings is 2. The van der Waals surface area contributed by atoms with Gasteiger partial charge in [-0.05, 0) is 42.8 Å². The van der Waals surface area contributed by atoms with E-state index >= 15 is 0 Å². The molecule has 1 amide bonds. The molecule has 0 aromatic heterocycles. The van der Waals surface area contributed by atoms with E-state index in [1.165, 1.54) is 5.01 Å². The molecule has 24 heavy (non-hydrogen) atoms. The van der Waals surface area contributed by atoms with Gasteiger partial charge in [0.25, 0.3) is 5.91 Å². The van der Waals surface area contributed by atoms with E-state index in [-0.39, 0.29) is 12.3 Å². The zero-order valence-electron chi connectivity index (χ0n) is 13.5. The first-order chi connectivity index (χ1) is 11.8. The molecular formula is C19H18N2O3. The average Bonchev–Trinajstić information content (AvgIpc) is 3.21. The summed E-state index contributed by atoms with van der Waals surface area (Å²) in [6.45, 7) is 3.22. The van der Waals surface area contributed by atoms with Crippen LogP contribution < -0.4 is 14.5 Å². The van der Waals surface area contributed by atoms with Gasteiger partial charge >= 0.3 is 0 Å². The first-order valence-corrected chi connectivity index (χ1v) is 8.14. The SMILES string of the molecule is CCOc1ccccc1C1=NN(c2ccc3c(c2)CCO3)C(=O)C1. The van der Waals surface area contributed by atoms with Gasteiger partial charge in [-0.15, -0.1) is 0 Å². The van der Waals surface area contributed by atoms with E-state index in [1.54, 1.807) is 0 Å². The second-order valence-electron chi connectivity index (χ2n) is 5.75. The van der Waals surface area contributed by atoms with Gasteiger partial charge in [0, 0.05) is 12.0 Å². The molecule has 5 heteroatoms. The van der Waals surface area contributed by atoms with Gasteiger partial charge in [0.05, 0.1) is 31.0 Å². The van der Waals surface area contributed by atoms with Crippen molar-refractivity contribution in [3.63, 3.8) is 0 Å². The Bertz CT molecular complexity index is 829. The summed E-state index contributed by atoms with van der Waals surface area (Å²) >= 11 is 0. The van der Waals surface area contributed by atoms with Crippen LogP contribution in [0.15, 0.2) is 47.6 Å². The van der Waals surface area contributed by atoms with Gasteiger partial charge < -0.3 is 9.47 Å². The van der Waals surface area contributed by atoms with Crippen LogP contribution in [0.1, 0.15) is 24.5 Å². The van der Waals surface area contributed by atoms with E-state index < -0.39 is 0 Å². The molecule has 0 atom stereocenters. The van der Waals surface area contributed by atoms with E-state index in [0.29, 0.717) is 13.2 Å². The normalized spacial score (nSPS) is 16.0. The minimum Gasteiger partial charge on any atom is -0.493 e. The maximum absolute atomic E-state index is 12.5. The topological polar surface area (TPSA) is 51.1 Å². The van der Waals surface area contributed by atoms with Crippen molar-refractivity contribution in [1.82, 2.24) is 0 Å². The van der Waals surface area contributed by atoms with E-state index in [0.717, 1.165) is 40.4 Å². The number of para-hydroxylation sites is 1. The fourth-order valence-corrected chi connectivity index (χ4v) is 3.07. The molecule has 0 bridgehead atoms. The number of amides is 1. The van der Waals surface area contributed by atoms with Crippen molar-refractivity contribution < 1.29 is 14.3 Å². The lowest BCUT2D eigenvalue weighted by Gasteiger charge is -2.12. The number of nitrogens with zero attached hydrogens (tertiary/aromatic N) is 2. The van der Waals surface area contributed by atoms with Crippen LogP contribution in [0.2, 0.25) is 0 Å². The lowest BCUT2D eigenvalue weighted by atomic mass is 10.1. The number of ether oxygens (including phenoxy) is 2. The number of hydrogen-bond donors (Lipinski definition) is 0. The Morgan fingerprint density at radius 2 is 2.12 bits per heavy atom. The first-order valence-electron chi connectivity index (χ1n) is 8.14. The lowest BCUT2D eigenvalue weighted by molar-refractivity contribution is -0.116. The van der Waals surface area contributed by atoms with Crippen LogP contribution in [-0.2, 0) is 11.2 Å². The number of hydrazone groups is 1. The largest absolute Gasteiger partial charge is 0.493 e. The van der Waals surface area contributed by atoms with E-state index in [9.17, 15) is 4.79 Å². The lowest BCUT2D eigenvalue weighted by Crippen LogP contribution is -2.19. The summed E-state index contributed by atoms with van der Waals surface area (Å²) in [5.74, 6) is 1.63. The number of fused-ring (bicyclic) bond motifs is 1. The Hall–Kier alpha value is -2.82. The molecule has 2 aromatic rings. The van der Waals surface area contributed by atoms with Crippen LogP contribution in [0.4, 0.5) is 5.69 Å². The predicted molar refractivity (Wildman–Crippen MR) is 91.9 cm³/mol. The summed E-state index contributed by atoms with van der Waals surface area (Å²) in [4.78, 5) is 12.5. The summed E-state index contributed by atoms with van der Waals surface area (Å²) < 4.78 is 11.2. The third-order valence-electron chi connectivity index (χ3n) is 4.19. The molecule has 5 nitrogen and oxygen atoms in total. The standard InChI is InChI=1S/C19H18N2O3/c1-2-23-18-6-4-3-5-15(18)16-12-19(22)21(20-16)14-7-8-17-13(11-14)9-10-24-17/h3-8,11H,2,9-10,12H2,1H3. The molecule has 0 N–H and O–H groups in total. The third-order valence-corrected chi connectivity index (χ3v) is 4.19. The van der Waals surface area contributed by atoms with E-state index in [4.69, 9.17) is 9.47 Å². The highest BCUT2D eigenvalue weighted by molar-refractivity contribution is 6.20. The monoisotopic (exact) mass is 322 g/mol. The number of rotatable bonds is 4. The van der Waals surface area contributed by atoms with Gasteiger partial charge in [-0.2, -0.15) is 5.10 Å². The Morgan fingerprint density at radius 3 is 3.00 bits per heavy atom. The second kappa shape index (κ2) is 6.00. The molecule has 0 radical (unpaired) electrons. The molecule has 0 aliphatic carbocycles. The highest BCUT2D eigenvalue weighted by atomic mass is 16.5.